The van der Waals surface area contributed by atoms with Crippen molar-refractivity contribution in [3.8, 4) is 0 Å². The Bertz CT molecular complexity index is 626. The van der Waals surface area contributed by atoms with Crippen LogP contribution in [0.4, 0.5) is 0 Å². The molecule has 25 heavy (non-hydrogen) atoms. The van der Waals surface area contributed by atoms with Crippen molar-refractivity contribution in [1.82, 2.24) is 15.0 Å². The Balaban J connectivity index is 1.50. The lowest BCUT2D eigenvalue weighted by molar-refractivity contribution is -0.141. The van der Waals surface area contributed by atoms with Gasteiger partial charge in [-0.3, -0.25) is 9.69 Å². The van der Waals surface area contributed by atoms with Crippen molar-refractivity contribution in [2.75, 3.05) is 26.2 Å². The molecule has 2 aliphatic rings. The molecule has 1 aromatic rings. The topological polar surface area (TPSA) is 71.2 Å². The van der Waals surface area contributed by atoms with Gasteiger partial charge in [-0.25, -0.2) is 0 Å². The molecule has 7 heteroatoms. The van der Waals surface area contributed by atoms with E-state index < -0.39 is 6.10 Å². The second-order valence-corrected chi connectivity index (χ2v) is 7.13. The summed E-state index contributed by atoms with van der Waals surface area (Å²) in [6.07, 6.45) is 2.01. The van der Waals surface area contributed by atoms with Crippen LogP contribution in [-0.2, 0) is 22.6 Å². The van der Waals surface area contributed by atoms with Crippen LogP contribution in [0.1, 0.15) is 45.1 Å². The minimum atomic E-state index is -0.440. The van der Waals surface area contributed by atoms with Crippen LogP contribution in [0.2, 0.25) is 0 Å². The van der Waals surface area contributed by atoms with Gasteiger partial charge in [0.1, 0.15) is 0 Å². The third-order valence-corrected chi connectivity index (χ3v) is 4.88. The van der Waals surface area contributed by atoms with Crippen LogP contribution < -0.4 is 0 Å². The van der Waals surface area contributed by atoms with Crippen LogP contribution in [0, 0.1) is 5.92 Å². The average molecular weight is 348 g/mol. The largest absolute Gasteiger partial charge is 0.382 e. The monoisotopic (exact) mass is 348 g/mol. The first-order valence-corrected chi connectivity index (χ1v) is 9.25. The predicted octanol–water partition coefficient (Wildman–Crippen LogP) is 2.07. The van der Waals surface area contributed by atoms with Gasteiger partial charge in [-0.2, -0.15) is 0 Å². The number of hydrogen-bond donors (Lipinski definition) is 0. The Morgan fingerprint density at radius 2 is 2.16 bits per heavy atom. The summed E-state index contributed by atoms with van der Waals surface area (Å²) >= 11 is 0. The van der Waals surface area contributed by atoms with Gasteiger partial charge < -0.3 is 14.3 Å². The first-order chi connectivity index (χ1) is 12.1. The van der Waals surface area contributed by atoms with Gasteiger partial charge in [0.15, 0.2) is 5.76 Å². The molecule has 1 aromatic heterocycles. The van der Waals surface area contributed by atoms with Gasteiger partial charge in [0.2, 0.25) is 6.10 Å². The van der Waals surface area contributed by atoms with Crippen LogP contribution in [0.5, 0.6) is 0 Å². The summed E-state index contributed by atoms with van der Waals surface area (Å²) in [6.45, 7) is 10.2. The maximum Gasteiger partial charge on any atom is 0.266 e. The highest BCUT2D eigenvalue weighted by Crippen LogP contribution is 2.19. The van der Waals surface area contributed by atoms with Gasteiger partial charge in [-0.05, 0) is 18.8 Å². The zero-order chi connectivity index (χ0) is 17.8. The molecule has 1 fully saturated rings. The molecule has 0 radical (unpaired) electrons. The number of carbonyl (C=O) groups is 1. The van der Waals surface area contributed by atoms with Crippen LogP contribution in [0.15, 0.2) is 15.7 Å². The fraction of sp³-hybridized carbons (Fsp3) is 0.722. The van der Waals surface area contributed by atoms with E-state index in [1.165, 1.54) is 0 Å². The predicted molar refractivity (Wildman–Crippen MR) is 94.1 cm³/mol. The molecule has 1 unspecified atom stereocenters. The first-order valence-electron chi connectivity index (χ1n) is 9.25. The van der Waals surface area contributed by atoms with E-state index in [1.807, 2.05) is 11.0 Å². The van der Waals surface area contributed by atoms with Crippen molar-refractivity contribution in [2.24, 2.45) is 11.1 Å². The van der Waals surface area contributed by atoms with Gasteiger partial charge in [0.05, 0.1) is 18.0 Å². The number of rotatable bonds is 5. The molecule has 1 amide bonds. The Morgan fingerprint density at radius 1 is 1.32 bits per heavy atom. The van der Waals surface area contributed by atoms with Crippen molar-refractivity contribution in [2.45, 2.75) is 52.7 Å². The van der Waals surface area contributed by atoms with E-state index in [0.717, 1.165) is 56.2 Å². The lowest BCUT2D eigenvalue weighted by Crippen LogP contribution is -2.41. The molecule has 7 nitrogen and oxygen atoms in total. The molecule has 3 heterocycles. The normalized spacial score (nSPS) is 22.0. The molecule has 0 N–H and O–H groups in total. The third kappa shape index (κ3) is 4.39. The average Bonchev–Trinajstić information content (AvgIpc) is 3.20. The highest BCUT2D eigenvalue weighted by Gasteiger charge is 2.33. The summed E-state index contributed by atoms with van der Waals surface area (Å²) < 4.78 is 5.38. The van der Waals surface area contributed by atoms with Crippen molar-refractivity contribution < 1.29 is 14.2 Å². The van der Waals surface area contributed by atoms with Gasteiger partial charge in [0.25, 0.3) is 5.91 Å². The smallest absolute Gasteiger partial charge is 0.266 e. The first kappa shape index (κ1) is 17.9. The summed E-state index contributed by atoms with van der Waals surface area (Å²) in [5.41, 5.74) is 1.97. The number of hydrogen-bond acceptors (Lipinski definition) is 6. The highest BCUT2D eigenvalue weighted by molar-refractivity contribution is 5.93. The number of aromatic nitrogens is 1. The Kier molecular flexibility index (Phi) is 5.73. The maximum atomic E-state index is 12.7. The molecule has 0 aliphatic carbocycles. The van der Waals surface area contributed by atoms with Crippen molar-refractivity contribution >= 4 is 11.6 Å². The molecule has 0 aromatic carbocycles. The molecule has 3 rings (SSSR count). The van der Waals surface area contributed by atoms with Crippen LogP contribution in [0.25, 0.3) is 0 Å². The molecule has 1 atom stereocenters. The molecule has 0 saturated carbocycles. The Labute approximate surface area is 149 Å². The summed E-state index contributed by atoms with van der Waals surface area (Å²) in [7, 11) is 0. The number of nitrogens with zero attached hydrogens (tertiary/aromatic N) is 4. The van der Waals surface area contributed by atoms with Gasteiger partial charge in [-0.15, -0.1) is 0 Å². The van der Waals surface area contributed by atoms with Crippen LogP contribution in [0.3, 0.4) is 0 Å². The highest BCUT2D eigenvalue weighted by atomic mass is 16.6. The lowest BCUT2D eigenvalue weighted by atomic mass is 10.0. The van der Waals surface area contributed by atoms with Crippen molar-refractivity contribution in [1.29, 1.82) is 0 Å². The standard InChI is InChI=1S/C18H28N4O3/c1-4-14-10-15(24-19-14)12-21-6-5-7-22(9-8-21)18(23)17-11-16(13(2)3)20-25-17/h10,13,17H,4-9,11-12H2,1-3H3. The SMILES string of the molecule is CCc1cc(CN2CCCN(C(=O)C3CC(C(C)C)=NO3)CC2)on1. The number of oxime groups is 1. The number of amides is 1. The second kappa shape index (κ2) is 7.99. The molecule has 2 aliphatic heterocycles. The van der Waals surface area contributed by atoms with E-state index in [-0.39, 0.29) is 5.91 Å². The molecular formula is C18H28N4O3. The summed E-state index contributed by atoms with van der Waals surface area (Å²) in [5.74, 6) is 1.28. The second-order valence-electron chi connectivity index (χ2n) is 7.13. The van der Waals surface area contributed by atoms with Crippen molar-refractivity contribution in [3.05, 3.63) is 17.5 Å². The summed E-state index contributed by atoms with van der Waals surface area (Å²) in [4.78, 5) is 22.3. The zero-order valence-corrected chi connectivity index (χ0v) is 15.4. The molecular weight excluding hydrogens is 320 g/mol. The minimum Gasteiger partial charge on any atom is -0.382 e. The lowest BCUT2D eigenvalue weighted by Gasteiger charge is -2.23. The Morgan fingerprint density at radius 3 is 2.84 bits per heavy atom. The van der Waals surface area contributed by atoms with E-state index in [2.05, 4.69) is 36.0 Å². The molecule has 0 bridgehead atoms. The fourth-order valence-electron chi connectivity index (χ4n) is 3.24. The van der Waals surface area contributed by atoms with Gasteiger partial charge in [0, 0.05) is 38.7 Å². The van der Waals surface area contributed by atoms with Gasteiger partial charge in [-0.1, -0.05) is 31.1 Å². The number of aryl methyl sites for hydroxylation is 1. The quantitative estimate of drug-likeness (QED) is 0.815. The van der Waals surface area contributed by atoms with E-state index in [4.69, 9.17) is 9.36 Å². The van der Waals surface area contributed by atoms with E-state index in [0.29, 0.717) is 18.9 Å². The molecule has 0 spiro atoms. The minimum absolute atomic E-state index is 0.0641. The van der Waals surface area contributed by atoms with Gasteiger partial charge >= 0.3 is 0 Å². The van der Waals surface area contributed by atoms with Crippen LogP contribution in [-0.4, -0.2) is 58.9 Å². The molecule has 138 valence electrons. The van der Waals surface area contributed by atoms with E-state index in [9.17, 15) is 4.79 Å². The number of carbonyl (C=O) groups excluding carboxylic acids is 1. The van der Waals surface area contributed by atoms with Crippen molar-refractivity contribution in [3.63, 3.8) is 0 Å². The molecule has 1 saturated heterocycles. The summed E-state index contributed by atoms with van der Waals surface area (Å²) in [6, 6.07) is 2.02. The van der Waals surface area contributed by atoms with Crippen LogP contribution >= 0.6 is 0 Å². The Hall–Kier alpha value is -1.89. The zero-order valence-electron chi connectivity index (χ0n) is 15.4. The van der Waals surface area contributed by atoms with E-state index in [1.54, 1.807) is 0 Å². The summed E-state index contributed by atoms with van der Waals surface area (Å²) in [5, 5.41) is 8.12. The maximum absolute atomic E-state index is 12.7. The van der Waals surface area contributed by atoms with E-state index >= 15 is 0 Å². The third-order valence-electron chi connectivity index (χ3n) is 4.88. The fourth-order valence-corrected chi connectivity index (χ4v) is 3.24.